The Labute approximate surface area is 231 Å². The van der Waals surface area contributed by atoms with Crippen LogP contribution in [-0.2, 0) is 16.4 Å². The Morgan fingerprint density at radius 3 is 1.84 bits per heavy atom. The minimum Gasteiger partial charge on any atom is -0.456 e. The molecule has 0 aliphatic carbocycles. The third-order valence-corrected chi connectivity index (χ3v) is 11.3. The van der Waals surface area contributed by atoms with Crippen molar-refractivity contribution in [1.82, 2.24) is 4.72 Å². The normalized spacial score (nSPS) is 15.8. The number of para-hydroxylation sites is 2. The molecule has 0 saturated carbocycles. The summed E-state index contributed by atoms with van der Waals surface area (Å²) in [5.74, 6) is 1.82. The first kappa shape index (κ1) is 26.8. The molecule has 3 nitrogen and oxygen atoms in total. The molecule has 5 heteroatoms. The van der Waals surface area contributed by atoms with Crippen LogP contribution in [0, 0.1) is 0 Å². The Balaban J connectivity index is 1.66. The maximum absolute atomic E-state index is 13.0. The van der Waals surface area contributed by atoms with Gasteiger partial charge in [-0.2, -0.15) is 0 Å². The standard InChI is InChI=1S/C33H36NO2PS/c1-23(34-38(35)32(2,3)4)26-19-13-20-27-30(26)36-31-28(33(27,5)6)21-14-22-29(31)37(24-15-9-7-10-16-24)25-17-11-8-12-18-25/h7-23,34H,1-6H3/t23-,38+/m0/s1. The Morgan fingerprint density at radius 1 is 0.763 bits per heavy atom. The highest BCUT2D eigenvalue weighted by atomic mass is 32.2. The van der Waals surface area contributed by atoms with Crippen molar-refractivity contribution in [2.24, 2.45) is 0 Å². The summed E-state index contributed by atoms with van der Waals surface area (Å²) in [7, 11) is -2.03. The van der Waals surface area contributed by atoms with Crippen molar-refractivity contribution in [1.29, 1.82) is 0 Å². The number of hydrogen-bond acceptors (Lipinski definition) is 2. The zero-order chi connectivity index (χ0) is 27.1. The predicted molar refractivity (Wildman–Crippen MR) is 163 cm³/mol. The highest BCUT2D eigenvalue weighted by molar-refractivity contribution is 7.84. The van der Waals surface area contributed by atoms with Gasteiger partial charge in [-0.1, -0.05) is 111 Å². The summed E-state index contributed by atoms with van der Waals surface area (Å²) in [6.45, 7) is 12.6. The van der Waals surface area contributed by atoms with Gasteiger partial charge in [0.2, 0.25) is 0 Å². The average molecular weight is 542 g/mol. The lowest BCUT2D eigenvalue weighted by molar-refractivity contribution is 0.412. The Hall–Kier alpha value is -2.78. The monoisotopic (exact) mass is 541 g/mol. The molecular formula is C33H36NO2PS. The first-order valence-electron chi connectivity index (χ1n) is 13.1. The molecule has 0 radical (unpaired) electrons. The first-order valence-corrected chi connectivity index (χ1v) is 15.6. The van der Waals surface area contributed by atoms with Crippen molar-refractivity contribution in [3.63, 3.8) is 0 Å². The van der Waals surface area contributed by atoms with Crippen LogP contribution in [0.3, 0.4) is 0 Å². The molecule has 1 heterocycles. The summed E-state index contributed by atoms with van der Waals surface area (Å²) < 4.78 is 22.9. The number of hydrogen-bond donors (Lipinski definition) is 1. The van der Waals surface area contributed by atoms with Gasteiger partial charge >= 0.3 is 0 Å². The van der Waals surface area contributed by atoms with E-state index in [2.05, 4.69) is 123 Å². The van der Waals surface area contributed by atoms with Gasteiger partial charge in [0, 0.05) is 33.5 Å². The molecule has 0 amide bonds. The zero-order valence-corrected chi connectivity index (χ0v) is 24.7. The van der Waals surface area contributed by atoms with E-state index in [1.807, 2.05) is 20.8 Å². The van der Waals surface area contributed by atoms with Crippen molar-refractivity contribution in [3.8, 4) is 11.5 Å². The fourth-order valence-corrected chi connectivity index (χ4v) is 8.23. The highest BCUT2D eigenvalue weighted by Gasteiger charge is 2.38. The number of fused-ring (bicyclic) bond motifs is 2. The van der Waals surface area contributed by atoms with Gasteiger partial charge in [-0.05, 0) is 46.2 Å². The van der Waals surface area contributed by atoms with Crippen LogP contribution in [0.5, 0.6) is 11.5 Å². The van der Waals surface area contributed by atoms with Gasteiger partial charge in [-0.25, -0.2) is 8.93 Å². The molecule has 1 N–H and O–H groups in total. The van der Waals surface area contributed by atoms with E-state index in [4.69, 9.17) is 4.74 Å². The van der Waals surface area contributed by atoms with Crippen LogP contribution >= 0.6 is 7.92 Å². The number of ether oxygens (including phenoxy) is 1. The Kier molecular flexibility index (Phi) is 7.35. The molecule has 0 fully saturated rings. The molecule has 0 bridgehead atoms. The van der Waals surface area contributed by atoms with Crippen molar-refractivity contribution in [2.45, 2.75) is 57.7 Å². The molecule has 0 aromatic heterocycles. The lowest BCUT2D eigenvalue weighted by Crippen LogP contribution is -2.35. The second-order valence-electron chi connectivity index (χ2n) is 11.3. The van der Waals surface area contributed by atoms with Crippen LogP contribution < -0.4 is 25.4 Å². The van der Waals surface area contributed by atoms with E-state index >= 15 is 0 Å². The van der Waals surface area contributed by atoms with Gasteiger partial charge in [0.15, 0.2) is 0 Å². The molecule has 0 saturated heterocycles. The molecule has 38 heavy (non-hydrogen) atoms. The topological polar surface area (TPSA) is 38.3 Å². The van der Waals surface area contributed by atoms with Gasteiger partial charge in [0.25, 0.3) is 0 Å². The Bertz CT molecular complexity index is 1420. The van der Waals surface area contributed by atoms with E-state index in [9.17, 15) is 4.21 Å². The van der Waals surface area contributed by atoms with Crippen molar-refractivity contribution in [3.05, 3.63) is 114 Å². The quantitative estimate of drug-likeness (QED) is 0.267. The predicted octanol–water partition coefficient (Wildman–Crippen LogP) is 6.99. The molecule has 5 rings (SSSR count). The van der Waals surface area contributed by atoms with Crippen LogP contribution in [-0.4, -0.2) is 8.96 Å². The second-order valence-corrected chi connectivity index (χ2v) is 15.5. The molecule has 0 unspecified atom stereocenters. The van der Waals surface area contributed by atoms with Gasteiger partial charge in [0.05, 0.1) is 15.7 Å². The van der Waals surface area contributed by atoms with Crippen LogP contribution in [0.15, 0.2) is 97.1 Å². The Morgan fingerprint density at radius 2 is 1.29 bits per heavy atom. The van der Waals surface area contributed by atoms with E-state index in [1.165, 1.54) is 21.5 Å². The van der Waals surface area contributed by atoms with Gasteiger partial charge in [-0.15, -0.1) is 0 Å². The zero-order valence-electron chi connectivity index (χ0n) is 23.0. The fourth-order valence-electron chi connectivity index (χ4n) is 5.03. The van der Waals surface area contributed by atoms with Crippen molar-refractivity contribution < 1.29 is 8.95 Å². The van der Waals surface area contributed by atoms with Crippen LogP contribution in [0.4, 0.5) is 0 Å². The maximum Gasteiger partial charge on any atom is 0.139 e. The van der Waals surface area contributed by atoms with E-state index in [0.717, 1.165) is 22.6 Å². The molecular weight excluding hydrogens is 505 g/mol. The summed E-state index contributed by atoms with van der Waals surface area (Å²) in [5.41, 5.74) is 3.11. The van der Waals surface area contributed by atoms with Crippen LogP contribution in [0.1, 0.15) is 64.3 Å². The largest absolute Gasteiger partial charge is 0.456 e. The highest BCUT2D eigenvalue weighted by Crippen LogP contribution is 2.52. The molecule has 196 valence electrons. The third-order valence-electron chi connectivity index (χ3n) is 7.17. The first-order chi connectivity index (χ1) is 18.1. The van der Waals surface area contributed by atoms with E-state index in [0.29, 0.717) is 0 Å². The number of benzene rings is 4. The van der Waals surface area contributed by atoms with Crippen LogP contribution in [0.25, 0.3) is 0 Å². The summed E-state index contributed by atoms with van der Waals surface area (Å²) in [6.07, 6.45) is 0. The van der Waals surface area contributed by atoms with E-state index in [-0.39, 0.29) is 16.2 Å². The van der Waals surface area contributed by atoms with Gasteiger partial charge in [0.1, 0.15) is 11.5 Å². The summed E-state index contributed by atoms with van der Waals surface area (Å²) in [6, 6.07) is 34.3. The SMILES string of the molecule is C[C@H](N[S@](=O)C(C)(C)C)c1cccc2c1Oc1c(P(c3ccccc3)c3ccccc3)cccc1C2(C)C. The minimum atomic E-state index is -1.20. The lowest BCUT2D eigenvalue weighted by Gasteiger charge is -2.38. The lowest BCUT2D eigenvalue weighted by atomic mass is 9.75. The van der Waals surface area contributed by atoms with Crippen molar-refractivity contribution >= 4 is 34.8 Å². The number of nitrogens with one attached hydrogen (secondary N) is 1. The molecule has 1 aliphatic heterocycles. The van der Waals surface area contributed by atoms with Gasteiger partial charge in [-0.3, -0.25) is 0 Å². The molecule has 2 atom stereocenters. The molecule has 1 aliphatic rings. The van der Waals surface area contributed by atoms with Gasteiger partial charge < -0.3 is 4.74 Å². The minimum absolute atomic E-state index is 0.140. The summed E-state index contributed by atoms with van der Waals surface area (Å²) >= 11 is 0. The number of rotatable bonds is 6. The fraction of sp³-hybridized carbons (Fsp3) is 0.273. The third kappa shape index (κ3) is 4.98. The molecule has 0 spiro atoms. The second kappa shape index (κ2) is 10.4. The van der Waals surface area contributed by atoms with E-state index in [1.54, 1.807) is 0 Å². The van der Waals surface area contributed by atoms with Crippen LogP contribution in [0.2, 0.25) is 0 Å². The summed E-state index contributed by atoms with van der Waals surface area (Å²) in [5, 5.41) is 3.79. The maximum atomic E-state index is 13.0. The molecule has 4 aromatic rings. The van der Waals surface area contributed by atoms with E-state index < -0.39 is 18.9 Å². The average Bonchev–Trinajstić information content (AvgIpc) is 2.90. The summed E-state index contributed by atoms with van der Waals surface area (Å²) in [4.78, 5) is 0. The van der Waals surface area contributed by atoms with Crippen molar-refractivity contribution in [2.75, 3.05) is 0 Å². The molecule has 4 aromatic carbocycles. The smallest absolute Gasteiger partial charge is 0.139 e.